The second-order valence-corrected chi connectivity index (χ2v) is 3.60. The van der Waals surface area contributed by atoms with Crippen LogP contribution in [-0.2, 0) is 4.79 Å². The molecule has 2 unspecified atom stereocenters. The summed E-state index contributed by atoms with van der Waals surface area (Å²) in [6.45, 7) is 0. The van der Waals surface area contributed by atoms with Crippen LogP contribution in [-0.4, -0.2) is 17.1 Å². The molecule has 0 spiro atoms. The Bertz CT molecular complexity index is 201. The van der Waals surface area contributed by atoms with Crippen molar-refractivity contribution < 1.29 is 9.90 Å². The third-order valence-corrected chi connectivity index (χ3v) is 2.61. The van der Waals surface area contributed by atoms with Gasteiger partial charge in [0, 0.05) is 0 Å². The Labute approximate surface area is 78.6 Å². The summed E-state index contributed by atoms with van der Waals surface area (Å²) >= 11 is 0. The highest BCUT2D eigenvalue weighted by atomic mass is 16.4. The minimum atomic E-state index is -0.866. The molecule has 0 fully saturated rings. The van der Waals surface area contributed by atoms with Crippen LogP contribution in [0.3, 0.4) is 0 Å². The molecule has 0 saturated carbocycles. The predicted octanol–water partition coefficient (Wildman–Crippen LogP) is 1.53. The van der Waals surface area contributed by atoms with Crippen LogP contribution in [0, 0.1) is 5.92 Å². The number of rotatable bonds is 2. The van der Waals surface area contributed by atoms with Gasteiger partial charge in [-0.2, -0.15) is 0 Å². The van der Waals surface area contributed by atoms with E-state index in [0.717, 1.165) is 32.1 Å². The summed E-state index contributed by atoms with van der Waals surface area (Å²) in [6.07, 6.45) is 9.22. The fourth-order valence-corrected chi connectivity index (χ4v) is 1.75. The molecule has 1 rings (SSSR count). The van der Waals surface area contributed by atoms with E-state index in [2.05, 4.69) is 12.2 Å². The highest BCUT2D eigenvalue weighted by molar-refractivity contribution is 5.73. The van der Waals surface area contributed by atoms with Crippen LogP contribution < -0.4 is 5.73 Å². The van der Waals surface area contributed by atoms with Crippen LogP contribution in [0.25, 0.3) is 0 Å². The van der Waals surface area contributed by atoms with Crippen molar-refractivity contribution in [2.24, 2.45) is 11.7 Å². The lowest BCUT2D eigenvalue weighted by Gasteiger charge is -2.20. The van der Waals surface area contributed by atoms with Gasteiger partial charge in [0.2, 0.25) is 0 Å². The van der Waals surface area contributed by atoms with Crippen LogP contribution >= 0.6 is 0 Å². The minimum absolute atomic E-state index is 0.155. The molecule has 1 aliphatic rings. The molecule has 0 saturated heterocycles. The number of nitrogens with two attached hydrogens (primary N) is 1. The second kappa shape index (κ2) is 5.02. The summed E-state index contributed by atoms with van der Waals surface area (Å²) in [4.78, 5) is 10.7. The topological polar surface area (TPSA) is 63.3 Å². The first-order valence-electron chi connectivity index (χ1n) is 4.85. The Morgan fingerprint density at radius 1 is 1.38 bits per heavy atom. The van der Waals surface area contributed by atoms with Crippen molar-refractivity contribution in [1.29, 1.82) is 0 Å². The number of hydrogen-bond donors (Lipinski definition) is 2. The van der Waals surface area contributed by atoms with Gasteiger partial charge in [0.25, 0.3) is 0 Å². The zero-order chi connectivity index (χ0) is 9.68. The van der Waals surface area contributed by atoms with E-state index in [9.17, 15) is 4.79 Å². The highest BCUT2D eigenvalue weighted by Crippen LogP contribution is 2.21. The molecule has 3 heteroatoms. The van der Waals surface area contributed by atoms with E-state index in [4.69, 9.17) is 10.8 Å². The third kappa shape index (κ3) is 3.19. The maximum absolute atomic E-state index is 10.7. The Morgan fingerprint density at radius 2 is 2.08 bits per heavy atom. The van der Waals surface area contributed by atoms with E-state index in [1.165, 1.54) is 0 Å². The number of hydrogen-bond acceptors (Lipinski definition) is 2. The van der Waals surface area contributed by atoms with Crippen molar-refractivity contribution in [3.05, 3.63) is 12.2 Å². The summed E-state index contributed by atoms with van der Waals surface area (Å²) in [5.74, 6) is -0.711. The van der Waals surface area contributed by atoms with E-state index >= 15 is 0 Å². The first kappa shape index (κ1) is 10.3. The van der Waals surface area contributed by atoms with Crippen LogP contribution in [0.2, 0.25) is 0 Å². The van der Waals surface area contributed by atoms with Crippen molar-refractivity contribution in [1.82, 2.24) is 0 Å². The van der Waals surface area contributed by atoms with Gasteiger partial charge in [-0.25, -0.2) is 0 Å². The van der Waals surface area contributed by atoms with E-state index in [0.29, 0.717) is 0 Å². The molecule has 0 aromatic rings. The average molecular weight is 183 g/mol. The fraction of sp³-hybridized carbons (Fsp3) is 0.700. The molecule has 0 aromatic heterocycles. The normalized spacial score (nSPS) is 28.5. The molecule has 1 aliphatic carbocycles. The summed E-state index contributed by atoms with van der Waals surface area (Å²) in [5, 5.41) is 8.75. The molecular weight excluding hydrogens is 166 g/mol. The quantitative estimate of drug-likeness (QED) is 0.638. The molecule has 3 nitrogen and oxygen atoms in total. The molecule has 13 heavy (non-hydrogen) atoms. The molecule has 2 atom stereocenters. The molecule has 74 valence electrons. The molecule has 0 heterocycles. The maximum atomic E-state index is 10.7. The Kier molecular flexibility index (Phi) is 3.96. The number of carboxylic acid groups (broad SMARTS) is 1. The zero-order valence-corrected chi connectivity index (χ0v) is 7.78. The molecule has 3 N–H and O–H groups in total. The number of aliphatic carboxylic acids is 1. The summed E-state index contributed by atoms with van der Waals surface area (Å²) < 4.78 is 0. The van der Waals surface area contributed by atoms with Crippen molar-refractivity contribution in [2.45, 2.75) is 38.1 Å². The SMILES string of the molecule is NC(C(=O)O)C1CC/C=C\CCC1. The second-order valence-electron chi connectivity index (χ2n) is 3.60. The number of allylic oxidation sites excluding steroid dienone is 2. The van der Waals surface area contributed by atoms with E-state index in [-0.39, 0.29) is 5.92 Å². The first-order valence-corrected chi connectivity index (χ1v) is 4.85. The number of carboxylic acids is 1. The number of carbonyl (C=O) groups is 1. The molecular formula is C10H17NO2. The largest absolute Gasteiger partial charge is 0.480 e. The smallest absolute Gasteiger partial charge is 0.320 e. The zero-order valence-electron chi connectivity index (χ0n) is 7.78. The first-order chi connectivity index (χ1) is 6.22. The van der Waals surface area contributed by atoms with Crippen LogP contribution in [0.5, 0.6) is 0 Å². The van der Waals surface area contributed by atoms with Crippen LogP contribution in [0.4, 0.5) is 0 Å². The van der Waals surface area contributed by atoms with Crippen LogP contribution in [0.1, 0.15) is 32.1 Å². The highest BCUT2D eigenvalue weighted by Gasteiger charge is 2.23. The Morgan fingerprint density at radius 3 is 2.77 bits per heavy atom. The Balaban J connectivity index is 2.48. The molecule has 0 amide bonds. The van der Waals surface area contributed by atoms with Crippen molar-refractivity contribution in [3.63, 3.8) is 0 Å². The van der Waals surface area contributed by atoms with Gasteiger partial charge >= 0.3 is 5.97 Å². The van der Waals surface area contributed by atoms with Crippen molar-refractivity contribution in [3.8, 4) is 0 Å². The molecule has 0 aliphatic heterocycles. The standard InChI is InChI=1S/C10H17NO2/c11-9(10(12)13)8-6-4-2-1-3-5-7-8/h1-2,8-9H,3-7,11H2,(H,12,13)/b2-1-. The van der Waals surface area contributed by atoms with E-state index in [1.54, 1.807) is 0 Å². The van der Waals surface area contributed by atoms with Crippen LogP contribution in [0.15, 0.2) is 12.2 Å². The molecule has 0 aromatic carbocycles. The average Bonchev–Trinajstić information content (AvgIpc) is 2.02. The van der Waals surface area contributed by atoms with Crippen molar-refractivity contribution in [2.75, 3.05) is 0 Å². The summed E-state index contributed by atoms with van der Waals surface area (Å²) in [7, 11) is 0. The summed E-state index contributed by atoms with van der Waals surface area (Å²) in [5.41, 5.74) is 5.59. The Hall–Kier alpha value is -0.830. The lowest BCUT2D eigenvalue weighted by Crippen LogP contribution is -2.38. The fourth-order valence-electron chi connectivity index (χ4n) is 1.75. The van der Waals surface area contributed by atoms with Crippen molar-refractivity contribution >= 4 is 5.97 Å². The third-order valence-electron chi connectivity index (χ3n) is 2.61. The van der Waals surface area contributed by atoms with Gasteiger partial charge in [-0.05, 0) is 38.0 Å². The van der Waals surface area contributed by atoms with Gasteiger partial charge in [0.15, 0.2) is 0 Å². The predicted molar refractivity (Wildman–Crippen MR) is 51.3 cm³/mol. The van der Waals surface area contributed by atoms with E-state index < -0.39 is 12.0 Å². The van der Waals surface area contributed by atoms with Gasteiger partial charge in [-0.3, -0.25) is 4.79 Å². The molecule has 0 radical (unpaired) electrons. The van der Waals surface area contributed by atoms with Gasteiger partial charge < -0.3 is 10.8 Å². The maximum Gasteiger partial charge on any atom is 0.320 e. The lowest BCUT2D eigenvalue weighted by molar-refractivity contribution is -0.140. The molecule has 0 bridgehead atoms. The van der Waals surface area contributed by atoms with Gasteiger partial charge in [0.05, 0.1) is 0 Å². The van der Waals surface area contributed by atoms with Gasteiger partial charge in [-0.15, -0.1) is 0 Å². The minimum Gasteiger partial charge on any atom is -0.480 e. The summed E-state index contributed by atoms with van der Waals surface area (Å²) in [6, 6.07) is -0.675. The monoisotopic (exact) mass is 183 g/mol. The lowest BCUT2D eigenvalue weighted by atomic mass is 9.88. The van der Waals surface area contributed by atoms with Gasteiger partial charge in [-0.1, -0.05) is 12.2 Å². The van der Waals surface area contributed by atoms with E-state index in [1.807, 2.05) is 0 Å². The van der Waals surface area contributed by atoms with Gasteiger partial charge in [0.1, 0.15) is 6.04 Å².